The van der Waals surface area contributed by atoms with Crippen LogP contribution in [-0.4, -0.2) is 69.1 Å². The van der Waals surface area contributed by atoms with Crippen molar-refractivity contribution in [2.24, 2.45) is 0 Å². The first-order valence-electron chi connectivity index (χ1n) is 2.67. The zero-order valence-corrected chi connectivity index (χ0v) is 5.50. The van der Waals surface area contributed by atoms with Crippen LogP contribution in [0.5, 0.6) is 0 Å². The first kappa shape index (κ1) is 13.7. The van der Waals surface area contributed by atoms with E-state index in [1.54, 1.807) is 6.92 Å². The van der Waals surface area contributed by atoms with Crippen LogP contribution in [0, 0.1) is 11.3 Å². The first-order valence-corrected chi connectivity index (χ1v) is 2.67. The number of hydrogen-bond acceptors (Lipinski definition) is 4. The Morgan fingerprint density at radius 3 is 2.64 bits per heavy atom. The summed E-state index contributed by atoms with van der Waals surface area (Å²) in [5.41, 5.74) is -0.387. The average molecular weight is 181 g/mol. The Kier molecular flexibility index (Phi) is 10.3. The Bertz CT molecular complexity index is 194. The quantitative estimate of drug-likeness (QED) is 0.212. The van der Waals surface area contributed by atoms with Gasteiger partial charge in [-0.2, -0.15) is 5.26 Å². The van der Waals surface area contributed by atoms with Gasteiger partial charge in [-0.1, -0.05) is 0 Å². The fourth-order valence-electron chi connectivity index (χ4n) is 0.336. The maximum absolute atomic E-state index is 10.5. The molecule has 0 aliphatic heterocycles. The molecular formula is C6H8KNO3. The van der Waals surface area contributed by atoms with Gasteiger partial charge in [-0.25, -0.2) is 4.79 Å². The maximum atomic E-state index is 10.5. The third-order valence-electron chi connectivity index (χ3n) is 0.745. The molecule has 11 heavy (non-hydrogen) atoms. The van der Waals surface area contributed by atoms with Gasteiger partial charge in [-0.3, -0.25) is 0 Å². The van der Waals surface area contributed by atoms with E-state index in [0.29, 0.717) is 6.26 Å². The summed E-state index contributed by atoms with van der Waals surface area (Å²) in [7, 11) is 0. The molecule has 0 fully saturated rings. The number of rotatable bonds is 2. The number of nitrogens with zero attached hydrogens (tertiary/aromatic N) is 1. The molecule has 0 bridgehead atoms. The summed E-state index contributed by atoms with van der Waals surface area (Å²) in [6, 6.07) is 1.47. The standard InChI is InChI=1S/C6H7NO3.K.H/c1-2-10-6(9)5(3-7)4-8;;/h4,8H,2H2,1H3;;. The van der Waals surface area contributed by atoms with Crippen LogP contribution in [0.25, 0.3) is 0 Å². The van der Waals surface area contributed by atoms with E-state index in [1.165, 1.54) is 6.07 Å². The molecule has 4 nitrogen and oxygen atoms in total. The van der Waals surface area contributed by atoms with Gasteiger partial charge in [0.25, 0.3) is 0 Å². The van der Waals surface area contributed by atoms with Gasteiger partial charge in [-0.15, -0.1) is 0 Å². The molecule has 0 aliphatic rings. The molecule has 0 rings (SSSR count). The van der Waals surface area contributed by atoms with Gasteiger partial charge < -0.3 is 9.84 Å². The van der Waals surface area contributed by atoms with E-state index in [4.69, 9.17) is 10.4 Å². The summed E-state index contributed by atoms with van der Waals surface area (Å²) < 4.78 is 4.40. The molecule has 0 amide bonds. The Morgan fingerprint density at radius 2 is 2.36 bits per heavy atom. The van der Waals surface area contributed by atoms with Crippen LogP contribution in [0.15, 0.2) is 11.8 Å². The second kappa shape index (κ2) is 8.24. The van der Waals surface area contributed by atoms with Crippen LogP contribution in [0.3, 0.4) is 0 Å². The molecule has 0 atom stereocenters. The van der Waals surface area contributed by atoms with Gasteiger partial charge in [-0.05, 0) is 6.92 Å². The van der Waals surface area contributed by atoms with Gasteiger partial charge >= 0.3 is 57.4 Å². The minimum atomic E-state index is -0.799. The number of hydrogen-bond donors (Lipinski definition) is 1. The second-order valence-corrected chi connectivity index (χ2v) is 1.38. The molecule has 56 valence electrons. The summed E-state index contributed by atoms with van der Waals surface area (Å²) in [6.07, 6.45) is 0.429. The van der Waals surface area contributed by atoms with Crippen LogP contribution >= 0.6 is 0 Å². The van der Waals surface area contributed by atoms with E-state index in [9.17, 15) is 4.79 Å². The molecule has 0 aliphatic carbocycles. The van der Waals surface area contributed by atoms with E-state index in [1.807, 2.05) is 0 Å². The van der Waals surface area contributed by atoms with Crippen molar-refractivity contribution in [3.8, 4) is 6.07 Å². The third kappa shape index (κ3) is 5.41. The molecule has 0 spiro atoms. The molecule has 0 aromatic carbocycles. The van der Waals surface area contributed by atoms with E-state index in [-0.39, 0.29) is 63.6 Å². The summed E-state index contributed by atoms with van der Waals surface area (Å²) in [5.74, 6) is -0.799. The molecule has 1 N–H and O–H groups in total. The number of aliphatic hydroxyl groups excluding tert-OH is 1. The van der Waals surface area contributed by atoms with Crippen LogP contribution in [-0.2, 0) is 9.53 Å². The number of carbonyl (C=O) groups excluding carboxylic acids is 1. The number of aliphatic hydroxyl groups is 1. The van der Waals surface area contributed by atoms with Gasteiger partial charge in [0, 0.05) is 0 Å². The zero-order chi connectivity index (χ0) is 7.98. The van der Waals surface area contributed by atoms with Crippen molar-refractivity contribution in [2.75, 3.05) is 6.61 Å². The number of ether oxygens (including phenoxy) is 1. The van der Waals surface area contributed by atoms with Gasteiger partial charge in [0.1, 0.15) is 12.3 Å². The Hall–Kier alpha value is 0.136. The van der Waals surface area contributed by atoms with Crippen molar-refractivity contribution in [2.45, 2.75) is 6.92 Å². The summed E-state index contributed by atoms with van der Waals surface area (Å²) in [6.45, 7) is 1.81. The molecule has 0 heterocycles. The summed E-state index contributed by atoms with van der Waals surface area (Å²) >= 11 is 0. The molecule has 5 heteroatoms. The zero-order valence-electron chi connectivity index (χ0n) is 5.50. The van der Waals surface area contributed by atoms with Gasteiger partial charge in [0.15, 0.2) is 5.57 Å². The summed E-state index contributed by atoms with van der Waals surface area (Å²) in [4.78, 5) is 10.5. The average Bonchev–Trinajstić information content (AvgIpc) is 1.91. The minimum absolute atomic E-state index is 0. The third-order valence-corrected chi connectivity index (χ3v) is 0.745. The van der Waals surface area contributed by atoms with Crippen molar-refractivity contribution >= 4 is 57.4 Å². The SMILES string of the molecule is CCOC(=O)C(C#N)=CO.[KH]. The predicted molar refractivity (Wildman–Crippen MR) is 40.1 cm³/mol. The molecule has 0 saturated carbocycles. The Morgan fingerprint density at radius 1 is 1.82 bits per heavy atom. The molecular weight excluding hydrogens is 173 g/mol. The normalized spacial score (nSPS) is 9.27. The fraction of sp³-hybridized carbons (Fsp3) is 0.333. The van der Waals surface area contributed by atoms with Crippen LogP contribution in [0.1, 0.15) is 6.92 Å². The fourth-order valence-corrected chi connectivity index (χ4v) is 0.336. The summed E-state index contributed by atoms with van der Waals surface area (Å²) in [5, 5.41) is 16.4. The van der Waals surface area contributed by atoms with Crippen molar-refractivity contribution in [3.05, 3.63) is 11.8 Å². The number of esters is 1. The predicted octanol–water partition coefficient (Wildman–Crippen LogP) is -0.134. The monoisotopic (exact) mass is 181 g/mol. The number of nitriles is 1. The van der Waals surface area contributed by atoms with E-state index < -0.39 is 5.97 Å². The van der Waals surface area contributed by atoms with Crippen LogP contribution in [0.4, 0.5) is 0 Å². The van der Waals surface area contributed by atoms with Gasteiger partial charge in [0.2, 0.25) is 0 Å². The molecule has 0 radical (unpaired) electrons. The molecule has 0 aromatic rings. The topological polar surface area (TPSA) is 70.3 Å². The number of carbonyl (C=O) groups is 1. The molecule has 0 aromatic heterocycles. The first-order chi connectivity index (χ1) is 4.76. The van der Waals surface area contributed by atoms with Crippen molar-refractivity contribution < 1.29 is 14.6 Å². The van der Waals surface area contributed by atoms with Crippen molar-refractivity contribution in [3.63, 3.8) is 0 Å². The Labute approximate surface area is 107 Å². The molecule has 0 unspecified atom stereocenters. The van der Waals surface area contributed by atoms with E-state index >= 15 is 0 Å². The molecule has 0 saturated heterocycles. The van der Waals surface area contributed by atoms with E-state index in [2.05, 4.69) is 4.74 Å². The van der Waals surface area contributed by atoms with E-state index in [0.717, 1.165) is 0 Å². The second-order valence-electron chi connectivity index (χ2n) is 1.38. The van der Waals surface area contributed by atoms with Gasteiger partial charge in [0.05, 0.1) is 6.61 Å². The Balaban J connectivity index is 0. The van der Waals surface area contributed by atoms with Crippen LogP contribution in [0.2, 0.25) is 0 Å². The van der Waals surface area contributed by atoms with Crippen LogP contribution < -0.4 is 0 Å². The van der Waals surface area contributed by atoms with Crippen molar-refractivity contribution in [1.29, 1.82) is 5.26 Å². The van der Waals surface area contributed by atoms with Crippen molar-refractivity contribution in [1.82, 2.24) is 0 Å².